The van der Waals surface area contributed by atoms with E-state index < -0.39 is 29.8 Å². The molecule has 7 heteroatoms. The molecule has 1 aliphatic rings. The number of amides is 2. The number of imide groups is 1. The third kappa shape index (κ3) is 3.12. The van der Waals surface area contributed by atoms with Crippen LogP contribution in [-0.2, 0) is 11.2 Å². The Hall–Kier alpha value is -4.00. The van der Waals surface area contributed by atoms with E-state index in [-0.39, 0.29) is 23.1 Å². The first kappa shape index (κ1) is 18.4. The normalized spacial score (nSPS) is 14.1. The number of aliphatic carboxylic acids is 1. The molecule has 0 aliphatic carbocycles. The lowest BCUT2D eigenvalue weighted by Crippen LogP contribution is -2.46. The molecule has 7 nitrogen and oxygen atoms in total. The molecule has 0 bridgehead atoms. The summed E-state index contributed by atoms with van der Waals surface area (Å²) >= 11 is 0. The Kier molecular flexibility index (Phi) is 4.35. The summed E-state index contributed by atoms with van der Waals surface area (Å²) in [6.45, 7) is 0. The maximum atomic E-state index is 12.8. The van der Waals surface area contributed by atoms with Crippen LogP contribution in [0.3, 0.4) is 0 Å². The van der Waals surface area contributed by atoms with Crippen molar-refractivity contribution >= 4 is 34.5 Å². The molecule has 0 saturated heterocycles. The zero-order chi connectivity index (χ0) is 20.7. The fourth-order valence-electron chi connectivity index (χ4n) is 3.55. The largest absolute Gasteiger partial charge is 0.480 e. The Morgan fingerprint density at radius 1 is 0.828 bits per heavy atom. The Labute approximate surface area is 164 Å². The minimum absolute atomic E-state index is 0.00441. The lowest BCUT2D eigenvalue weighted by molar-refractivity contribution is -0.141. The van der Waals surface area contributed by atoms with Gasteiger partial charge in [-0.15, -0.1) is 0 Å². The van der Waals surface area contributed by atoms with Crippen molar-refractivity contribution in [2.45, 2.75) is 12.5 Å². The van der Waals surface area contributed by atoms with Gasteiger partial charge in [0.05, 0.1) is 16.7 Å². The van der Waals surface area contributed by atoms with E-state index in [2.05, 4.69) is 0 Å². The summed E-state index contributed by atoms with van der Waals surface area (Å²) in [6.07, 6.45) is -0.0581. The molecule has 0 fully saturated rings. The number of carbonyl (C=O) groups is 4. The minimum Gasteiger partial charge on any atom is -0.480 e. The number of carboxylic acid groups (broad SMARTS) is 2. The number of carbonyl (C=O) groups excluding carboxylic acids is 2. The summed E-state index contributed by atoms with van der Waals surface area (Å²) in [5.41, 5.74) is 0.427. The number of hydrogen-bond donors (Lipinski definition) is 2. The van der Waals surface area contributed by atoms with Gasteiger partial charge in [0.2, 0.25) is 0 Å². The van der Waals surface area contributed by atoms with E-state index in [0.29, 0.717) is 10.5 Å². The Morgan fingerprint density at radius 3 is 2.21 bits per heavy atom. The highest BCUT2D eigenvalue weighted by Crippen LogP contribution is 2.28. The van der Waals surface area contributed by atoms with Crippen LogP contribution in [0.25, 0.3) is 10.8 Å². The smallest absolute Gasteiger partial charge is 0.335 e. The molecule has 0 radical (unpaired) electrons. The van der Waals surface area contributed by atoms with Gasteiger partial charge in [-0.25, -0.2) is 9.59 Å². The van der Waals surface area contributed by atoms with E-state index in [1.54, 1.807) is 6.07 Å². The molecule has 144 valence electrons. The molecule has 3 aromatic rings. The first-order chi connectivity index (χ1) is 13.9. The molecule has 3 aromatic carbocycles. The first-order valence-corrected chi connectivity index (χ1v) is 8.82. The number of rotatable bonds is 5. The van der Waals surface area contributed by atoms with E-state index in [0.717, 1.165) is 16.8 Å². The highest BCUT2D eigenvalue weighted by Gasteiger charge is 2.43. The van der Waals surface area contributed by atoms with Crippen LogP contribution in [0.5, 0.6) is 0 Å². The van der Waals surface area contributed by atoms with Crippen LogP contribution in [0.1, 0.15) is 36.6 Å². The van der Waals surface area contributed by atoms with E-state index in [9.17, 15) is 24.3 Å². The second-order valence-corrected chi connectivity index (χ2v) is 6.79. The van der Waals surface area contributed by atoms with Gasteiger partial charge in [0.25, 0.3) is 11.8 Å². The predicted octanol–water partition coefficient (Wildman–Crippen LogP) is 2.83. The number of fused-ring (bicyclic) bond motifs is 2. The molecule has 1 atom stereocenters. The van der Waals surface area contributed by atoms with Gasteiger partial charge in [-0.2, -0.15) is 0 Å². The topological polar surface area (TPSA) is 112 Å². The van der Waals surface area contributed by atoms with Gasteiger partial charge in [-0.05, 0) is 34.5 Å². The van der Waals surface area contributed by atoms with Crippen LogP contribution >= 0.6 is 0 Å². The number of hydrogen-bond acceptors (Lipinski definition) is 4. The minimum atomic E-state index is -1.41. The second-order valence-electron chi connectivity index (χ2n) is 6.79. The maximum Gasteiger partial charge on any atom is 0.335 e. The standard InChI is InChI=1S/C22H15NO6/c24-19-16-8-7-15(21(26)27)11-17(16)20(25)23(19)18(22(28)29)10-12-5-6-13-3-1-2-4-14(13)9-12/h1-9,11,18H,10H2,(H,26,27)(H,28,29)/t18-/m1/s1. The predicted molar refractivity (Wildman–Crippen MR) is 103 cm³/mol. The van der Waals surface area contributed by atoms with Crippen molar-refractivity contribution in [3.63, 3.8) is 0 Å². The number of benzene rings is 3. The lowest BCUT2D eigenvalue weighted by Gasteiger charge is -2.22. The average Bonchev–Trinajstić information content (AvgIpc) is 2.95. The van der Waals surface area contributed by atoms with Crippen molar-refractivity contribution in [1.82, 2.24) is 4.90 Å². The molecule has 1 heterocycles. The molecule has 2 N–H and O–H groups in total. The molecule has 29 heavy (non-hydrogen) atoms. The van der Waals surface area contributed by atoms with Gasteiger partial charge in [-0.1, -0.05) is 42.5 Å². The molecule has 0 aromatic heterocycles. The Bertz CT molecular complexity index is 1200. The molecular formula is C22H15NO6. The van der Waals surface area contributed by atoms with Crippen molar-refractivity contribution in [2.75, 3.05) is 0 Å². The second kappa shape index (κ2) is 6.87. The van der Waals surface area contributed by atoms with E-state index in [4.69, 9.17) is 5.11 Å². The summed E-state index contributed by atoms with van der Waals surface area (Å²) in [5, 5.41) is 20.7. The molecule has 2 amide bonds. The zero-order valence-corrected chi connectivity index (χ0v) is 15.0. The first-order valence-electron chi connectivity index (χ1n) is 8.82. The Balaban J connectivity index is 1.69. The fourth-order valence-corrected chi connectivity index (χ4v) is 3.55. The third-order valence-corrected chi connectivity index (χ3v) is 5.00. The summed E-state index contributed by atoms with van der Waals surface area (Å²) in [4.78, 5) is 49.3. The highest BCUT2D eigenvalue weighted by molar-refractivity contribution is 6.23. The van der Waals surface area contributed by atoms with E-state index in [1.807, 2.05) is 36.4 Å². The zero-order valence-electron chi connectivity index (χ0n) is 15.0. The van der Waals surface area contributed by atoms with Crippen LogP contribution in [0, 0.1) is 0 Å². The fraction of sp³-hybridized carbons (Fsp3) is 0.0909. The average molecular weight is 389 g/mol. The molecular weight excluding hydrogens is 374 g/mol. The van der Waals surface area contributed by atoms with Gasteiger partial charge in [0, 0.05) is 6.42 Å². The SMILES string of the molecule is O=C(O)c1ccc2c(c1)C(=O)N([C@H](Cc1ccc3ccccc3c1)C(=O)O)C2=O. The van der Waals surface area contributed by atoms with Crippen molar-refractivity contribution < 1.29 is 29.4 Å². The van der Waals surface area contributed by atoms with Crippen LogP contribution in [0.15, 0.2) is 60.7 Å². The van der Waals surface area contributed by atoms with Gasteiger partial charge in [0.1, 0.15) is 6.04 Å². The summed E-state index contributed by atoms with van der Waals surface area (Å²) in [7, 11) is 0. The number of aromatic carboxylic acids is 1. The van der Waals surface area contributed by atoms with Gasteiger partial charge < -0.3 is 10.2 Å². The van der Waals surface area contributed by atoms with Crippen LogP contribution in [-0.4, -0.2) is 44.9 Å². The summed E-state index contributed by atoms with van der Waals surface area (Å²) in [5.74, 6) is -4.10. The molecule has 0 saturated carbocycles. The quantitative estimate of drug-likeness (QED) is 0.649. The Morgan fingerprint density at radius 2 is 1.52 bits per heavy atom. The molecule has 0 unspecified atom stereocenters. The molecule has 1 aliphatic heterocycles. The van der Waals surface area contributed by atoms with Gasteiger partial charge >= 0.3 is 11.9 Å². The highest BCUT2D eigenvalue weighted by atomic mass is 16.4. The summed E-state index contributed by atoms with van der Waals surface area (Å²) < 4.78 is 0. The number of nitrogens with zero attached hydrogens (tertiary/aromatic N) is 1. The van der Waals surface area contributed by atoms with Gasteiger partial charge in [0.15, 0.2) is 0 Å². The van der Waals surface area contributed by atoms with Crippen molar-refractivity contribution in [3.8, 4) is 0 Å². The maximum absolute atomic E-state index is 12.8. The van der Waals surface area contributed by atoms with Gasteiger partial charge in [-0.3, -0.25) is 14.5 Å². The molecule has 0 spiro atoms. The third-order valence-electron chi connectivity index (χ3n) is 5.00. The van der Waals surface area contributed by atoms with Crippen LogP contribution in [0.2, 0.25) is 0 Å². The van der Waals surface area contributed by atoms with Crippen LogP contribution < -0.4 is 0 Å². The van der Waals surface area contributed by atoms with E-state index in [1.165, 1.54) is 12.1 Å². The summed E-state index contributed by atoms with van der Waals surface area (Å²) in [6, 6.07) is 15.2. The number of carboxylic acids is 2. The lowest BCUT2D eigenvalue weighted by atomic mass is 10.0. The van der Waals surface area contributed by atoms with Crippen molar-refractivity contribution in [3.05, 3.63) is 82.9 Å². The van der Waals surface area contributed by atoms with E-state index >= 15 is 0 Å². The van der Waals surface area contributed by atoms with Crippen LogP contribution in [0.4, 0.5) is 0 Å². The molecule has 4 rings (SSSR count). The van der Waals surface area contributed by atoms with Crippen molar-refractivity contribution in [1.29, 1.82) is 0 Å². The monoisotopic (exact) mass is 389 g/mol. The van der Waals surface area contributed by atoms with Crippen molar-refractivity contribution in [2.24, 2.45) is 0 Å².